The lowest BCUT2D eigenvalue weighted by Gasteiger charge is -2.10. The second kappa shape index (κ2) is 6.69. The van der Waals surface area contributed by atoms with E-state index >= 15 is 0 Å². The monoisotopic (exact) mass is 268 g/mol. The van der Waals surface area contributed by atoms with Crippen LogP contribution in [-0.2, 0) is 0 Å². The molecule has 0 bridgehead atoms. The van der Waals surface area contributed by atoms with Crippen molar-refractivity contribution in [3.05, 3.63) is 35.9 Å². The van der Waals surface area contributed by atoms with E-state index in [0.717, 1.165) is 12.8 Å². The summed E-state index contributed by atoms with van der Waals surface area (Å²) >= 11 is 11.9. The maximum absolute atomic E-state index is 12.0. The average Bonchev–Trinajstić information content (AvgIpc) is 2.35. The number of hydrogen-bond acceptors (Lipinski definition) is 1. The summed E-state index contributed by atoms with van der Waals surface area (Å²) in [5.74, 6) is 5.10. The summed E-state index contributed by atoms with van der Waals surface area (Å²) in [7, 11) is 0. The third-order valence-corrected chi connectivity index (χ3v) is 2.75. The second-order valence-electron chi connectivity index (χ2n) is 3.67. The zero-order valence-electron chi connectivity index (χ0n) is 9.67. The highest BCUT2D eigenvalue weighted by Crippen LogP contribution is 2.25. The highest BCUT2D eigenvalue weighted by atomic mass is 35.5. The Labute approximate surface area is 112 Å². The minimum atomic E-state index is -1.64. The van der Waals surface area contributed by atoms with Gasteiger partial charge in [-0.25, -0.2) is 0 Å². The molecule has 0 atom stereocenters. The summed E-state index contributed by atoms with van der Waals surface area (Å²) in [6, 6.07) is 8.71. The van der Waals surface area contributed by atoms with Crippen LogP contribution in [-0.4, -0.2) is 10.1 Å². The van der Waals surface area contributed by atoms with Gasteiger partial charge in [0.15, 0.2) is 0 Å². The quantitative estimate of drug-likeness (QED) is 0.346. The number of halogens is 2. The van der Waals surface area contributed by atoms with Crippen molar-refractivity contribution in [3.8, 4) is 11.8 Å². The first-order valence-corrected chi connectivity index (χ1v) is 6.31. The van der Waals surface area contributed by atoms with Gasteiger partial charge >= 0.3 is 0 Å². The predicted molar refractivity (Wildman–Crippen MR) is 72.5 cm³/mol. The maximum Gasteiger partial charge on any atom is 0.240 e. The lowest BCUT2D eigenvalue weighted by Crippen LogP contribution is -2.24. The van der Waals surface area contributed by atoms with Crippen molar-refractivity contribution in [2.45, 2.75) is 30.5 Å². The molecule has 0 aliphatic carbocycles. The van der Waals surface area contributed by atoms with Gasteiger partial charge < -0.3 is 0 Å². The molecule has 0 aliphatic rings. The lowest BCUT2D eigenvalue weighted by atomic mass is 10.1. The average molecular weight is 269 g/mol. The van der Waals surface area contributed by atoms with Gasteiger partial charge in [0.2, 0.25) is 10.1 Å². The fraction of sp³-hybridized carbons (Fsp3) is 0.357. The van der Waals surface area contributed by atoms with Crippen LogP contribution in [0.1, 0.15) is 36.5 Å². The summed E-state index contributed by atoms with van der Waals surface area (Å²) in [6.45, 7) is 2.07. The van der Waals surface area contributed by atoms with Crippen molar-refractivity contribution < 1.29 is 4.79 Å². The minimum absolute atomic E-state index is 0.370. The Hall–Kier alpha value is -0.970. The minimum Gasteiger partial charge on any atom is -0.290 e. The summed E-state index contributed by atoms with van der Waals surface area (Å²) in [4.78, 5) is 12.0. The van der Waals surface area contributed by atoms with Crippen LogP contribution in [0.5, 0.6) is 0 Å². The van der Waals surface area contributed by atoms with E-state index in [1.807, 2.05) is 6.07 Å². The molecule has 0 saturated heterocycles. The molecule has 17 heavy (non-hydrogen) atoms. The first kappa shape index (κ1) is 14.1. The second-order valence-corrected chi connectivity index (χ2v) is 5.00. The van der Waals surface area contributed by atoms with Gasteiger partial charge in [0.05, 0.1) is 0 Å². The van der Waals surface area contributed by atoms with Crippen LogP contribution in [0.2, 0.25) is 0 Å². The number of alkyl halides is 2. The predicted octanol–water partition coefficient (Wildman–Crippen LogP) is 4.24. The molecule has 0 amide bonds. The van der Waals surface area contributed by atoms with Gasteiger partial charge in [0, 0.05) is 12.0 Å². The van der Waals surface area contributed by atoms with Gasteiger partial charge in [0.25, 0.3) is 0 Å². The van der Waals surface area contributed by atoms with E-state index in [4.69, 9.17) is 23.2 Å². The molecule has 3 heteroatoms. The van der Waals surface area contributed by atoms with E-state index in [0.29, 0.717) is 12.0 Å². The number of Topliss-reactive ketones (excluding diaryl/α,β-unsaturated/α-hetero) is 1. The number of unbranched alkanes of at least 4 members (excludes halogenated alkanes) is 2. The van der Waals surface area contributed by atoms with Crippen LogP contribution in [0.3, 0.4) is 0 Å². The molecule has 1 aromatic rings. The molecule has 0 spiro atoms. The Morgan fingerprint density at radius 2 is 1.94 bits per heavy atom. The summed E-state index contributed by atoms with van der Waals surface area (Å²) in [5.41, 5.74) is 0.474. The molecule has 0 fully saturated rings. The van der Waals surface area contributed by atoms with E-state index < -0.39 is 4.33 Å². The molecule has 1 nitrogen and oxygen atoms in total. The Balaban J connectivity index is 2.76. The number of ketones is 1. The molecule has 0 heterocycles. The van der Waals surface area contributed by atoms with Crippen LogP contribution in [0.4, 0.5) is 0 Å². The molecule has 90 valence electrons. The van der Waals surface area contributed by atoms with E-state index in [1.54, 1.807) is 24.3 Å². The van der Waals surface area contributed by atoms with Crippen molar-refractivity contribution in [1.29, 1.82) is 0 Å². The SMILES string of the molecule is CCCCC#CC(Cl)(Cl)C(=O)c1ccccc1. The van der Waals surface area contributed by atoms with Gasteiger partial charge in [-0.1, -0.05) is 78.7 Å². The zero-order valence-corrected chi connectivity index (χ0v) is 11.2. The number of carbonyl (C=O) groups excluding carboxylic acids is 1. The van der Waals surface area contributed by atoms with Crippen LogP contribution < -0.4 is 0 Å². The molecule has 0 aromatic heterocycles. The molecule has 0 N–H and O–H groups in total. The van der Waals surface area contributed by atoms with Crippen LogP contribution in [0.15, 0.2) is 30.3 Å². The van der Waals surface area contributed by atoms with E-state index in [1.165, 1.54) is 0 Å². The first-order valence-electron chi connectivity index (χ1n) is 5.55. The van der Waals surface area contributed by atoms with Crippen LogP contribution in [0, 0.1) is 11.8 Å². The summed E-state index contributed by atoms with van der Waals surface area (Å²) < 4.78 is -1.64. The lowest BCUT2D eigenvalue weighted by molar-refractivity contribution is 0.0990. The van der Waals surface area contributed by atoms with Crippen LogP contribution >= 0.6 is 23.2 Å². The summed E-state index contributed by atoms with van der Waals surface area (Å²) in [6.07, 6.45) is 2.75. The normalized spacial score (nSPS) is 10.5. The highest BCUT2D eigenvalue weighted by molar-refractivity contribution is 6.62. The zero-order chi connectivity index (χ0) is 12.7. The topological polar surface area (TPSA) is 17.1 Å². The molecule has 0 radical (unpaired) electrons. The third-order valence-electron chi connectivity index (χ3n) is 2.22. The number of carbonyl (C=O) groups is 1. The summed E-state index contributed by atoms with van der Waals surface area (Å²) in [5, 5.41) is 0. The maximum atomic E-state index is 12.0. The van der Waals surface area contributed by atoms with E-state index in [-0.39, 0.29) is 5.78 Å². The molecule has 0 aliphatic heterocycles. The standard InChI is InChI=1S/C14H14Cl2O/c1-2-3-4-8-11-14(15,16)13(17)12-9-6-5-7-10-12/h5-7,9-10H,2-4H2,1H3. The highest BCUT2D eigenvalue weighted by Gasteiger charge is 2.32. The Morgan fingerprint density at radius 3 is 2.53 bits per heavy atom. The number of hydrogen-bond donors (Lipinski definition) is 0. The Kier molecular flexibility index (Phi) is 5.55. The van der Waals surface area contributed by atoms with Gasteiger partial charge in [-0.15, -0.1) is 0 Å². The van der Waals surface area contributed by atoms with Crippen molar-refractivity contribution in [2.24, 2.45) is 0 Å². The number of rotatable bonds is 4. The number of benzene rings is 1. The van der Waals surface area contributed by atoms with E-state index in [2.05, 4.69) is 18.8 Å². The molecule has 0 unspecified atom stereocenters. The fourth-order valence-corrected chi connectivity index (χ4v) is 1.62. The largest absolute Gasteiger partial charge is 0.290 e. The van der Waals surface area contributed by atoms with Crippen molar-refractivity contribution >= 4 is 29.0 Å². The molecule has 1 aromatic carbocycles. The van der Waals surface area contributed by atoms with Crippen molar-refractivity contribution in [3.63, 3.8) is 0 Å². The van der Waals surface area contributed by atoms with Gasteiger partial charge in [-0.05, 0) is 6.42 Å². The van der Waals surface area contributed by atoms with E-state index in [9.17, 15) is 4.79 Å². The first-order chi connectivity index (χ1) is 8.08. The molecular formula is C14H14Cl2O. The molecule has 1 rings (SSSR count). The Morgan fingerprint density at radius 1 is 1.29 bits per heavy atom. The van der Waals surface area contributed by atoms with Crippen LogP contribution in [0.25, 0.3) is 0 Å². The van der Waals surface area contributed by atoms with Crippen molar-refractivity contribution in [2.75, 3.05) is 0 Å². The van der Waals surface area contributed by atoms with Gasteiger partial charge in [-0.2, -0.15) is 0 Å². The fourth-order valence-electron chi connectivity index (χ4n) is 1.27. The van der Waals surface area contributed by atoms with Crippen molar-refractivity contribution in [1.82, 2.24) is 0 Å². The Bertz CT molecular complexity index is 427. The van der Waals surface area contributed by atoms with Gasteiger partial charge in [-0.3, -0.25) is 4.79 Å². The molecule has 0 saturated carbocycles. The molecular weight excluding hydrogens is 255 g/mol. The smallest absolute Gasteiger partial charge is 0.240 e. The third kappa shape index (κ3) is 4.42. The van der Waals surface area contributed by atoms with Gasteiger partial charge in [0.1, 0.15) is 0 Å².